The fourth-order valence-corrected chi connectivity index (χ4v) is 1.57. The van der Waals surface area contributed by atoms with E-state index >= 15 is 0 Å². The van der Waals surface area contributed by atoms with Gasteiger partial charge in [-0.15, -0.1) is 0 Å². The third kappa shape index (κ3) is 3.99. The van der Waals surface area contributed by atoms with Crippen LogP contribution in [0.3, 0.4) is 0 Å². The van der Waals surface area contributed by atoms with Crippen LogP contribution in [-0.4, -0.2) is 29.4 Å². The minimum Gasteiger partial charge on any atom is -0.492 e. The van der Waals surface area contributed by atoms with Crippen molar-refractivity contribution in [3.05, 3.63) is 47.9 Å². The van der Waals surface area contributed by atoms with Crippen LogP contribution in [0.5, 0.6) is 5.75 Å². The maximum absolute atomic E-state index is 8.55. The minimum absolute atomic E-state index is 0.0748. The van der Waals surface area contributed by atoms with Crippen molar-refractivity contribution in [1.29, 1.82) is 0 Å². The number of rotatable bonds is 7. The fraction of sp³-hybridized carbons (Fsp3) is 0.231. The van der Waals surface area contributed by atoms with Gasteiger partial charge >= 0.3 is 0 Å². The summed E-state index contributed by atoms with van der Waals surface area (Å²) in [6, 6.07) is 8.80. The number of amidine groups is 1. The second-order valence-electron chi connectivity index (χ2n) is 4.03. The SMILES string of the molecule is N/C(=N/O)c1ccc(OCCNCc2ccon2)cc1. The lowest BCUT2D eigenvalue weighted by molar-refractivity contribution is 0.312. The molecule has 20 heavy (non-hydrogen) atoms. The first kappa shape index (κ1) is 13.9. The van der Waals surface area contributed by atoms with Gasteiger partial charge in [0.15, 0.2) is 5.84 Å². The first-order valence-corrected chi connectivity index (χ1v) is 6.10. The van der Waals surface area contributed by atoms with Gasteiger partial charge in [-0.2, -0.15) is 0 Å². The molecule has 1 heterocycles. The Kier molecular flexibility index (Phi) is 4.96. The van der Waals surface area contributed by atoms with Crippen LogP contribution in [-0.2, 0) is 6.54 Å². The van der Waals surface area contributed by atoms with Gasteiger partial charge in [-0.1, -0.05) is 10.3 Å². The number of ether oxygens (including phenoxy) is 1. The molecule has 4 N–H and O–H groups in total. The number of nitrogens with one attached hydrogen (secondary N) is 1. The summed E-state index contributed by atoms with van der Waals surface area (Å²) in [5, 5.41) is 18.4. The van der Waals surface area contributed by atoms with Gasteiger partial charge in [-0.25, -0.2) is 0 Å². The van der Waals surface area contributed by atoms with Crippen LogP contribution in [0.2, 0.25) is 0 Å². The largest absolute Gasteiger partial charge is 0.492 e. The molecule has 7 heteroatoms. The highest BCUT2D eigenvalue weighted by Gasteiger charge is 2.00. The fourth-order valence-electron chi connectivity index (χ4n) is 1.57. The molecular formula is C13H16N4O3. The van der Waals surface area contributed by atoms with E-state index < -0.39 is 0 Å². The Bertz CT molecular complexity index is 537. The average molecular weight is 276 g/mol. The molecule has 7 nitrogen and oxygen atoms in total. The maximum atomic E-state index is 8.55. The molecule has 0 saturated carbocycles. The molecule has 0 atom stereocenters. The highest BCUT2D eigenvalue weighted by Crippen LogP contribution is 2.11. The van der Waals surface area contributed by atoms with E-state index in [-0.39, 0.29) is 5.84 Å². The first-order valence-electron chi connectivity index (χ1n) is 6.10. The van der Waals surface area contributed by atoms with Gasteiger partial charge in [0, 0.05) is 24.7 Å². The lowest BCUT2D eigenvalue weighted by atomic mass is 10.2. The molecular weight excluding hydrogens is 260 g/mol. The maximum Gasteiger partial charge on any atom is 0.170 e. The molecule has 0 bridgehead atoms. The third-order valence-electron chi connectivity index (χ3n) is 2.60. The van der Waals surface area contributed by atoms with Gasteiger partial charge in [0.2, 0.25) is 0 Å². The summed E-state index contributed by atoms with van der Waals surface area (Å²) in [7, 11) is 0. The normalized spacial score (nSPS) is 11.5. The third-order valence-corrected chi connectivity index (χ3v) is 2.60. The van der Waals surface area contributed by atoms with Crippen LogP contribution in [0.25, 0.3) is 0 Å². The van der Waals surface area contributed by atoms with Crippen molar-refractivity contribution in [3.8, 4) is 5.75 Å². The van der Waals surface area contributed by atoms with Crippen LogP contribution in [0.1, 0.15) is 11.3 Å². The smallest absolute Gasteiger partial charge is 0.170 e. The zero-order valence-electron chi connectivity index (χ0n) is 10.8. The molecule has 0 aliphatic heterocycles. The average Bonchev–Trinajstić information content (AvgIpc) is 3.00. The Morgan fingerprint density at radius 1 is 1.35 bits per heavy atom. The highest BCUT2D eigenvalue weighted by molar-refractivity contribution is 5.97. The lowest BCUT2D eigenvalue weighted by Crippen LogP contribution is -2.20. The number of benzene rings is 1. The molecule has 0 spiro atoms. The summed E-state index contributed by atoms with van der Waals surface area (Å²) >= 11 is 0. The number of nitrogens with two attached hydrogens (primary N) is 1. The second kappa shape index (κ2) is 7.15. The van der Waals surface area contributed by atoms with Gasteiger partial charge < -0.3 is 25.5 Å². The van der Waals surface area contributed by atoms with Crippen molar-refractivity contribution in [3.63, 3.8) is 0 Å². The summed E-state index contributed by atoms with van der Waals surface area (Å²) < 4.78 is 10.3. The molecule has 1 aromatic carbocycles. The van der Waals surface area contributed by atoms with E-state index in [4.69, 9.17) is 20.2 Å². The molecule has 0 saturated heterocycles. The van der Waals surface area contributed by atoms with Crippen molar-refractivity contribution in [2.45, 2.75) is 6.54 Å². The number of hydrogen-bond acceptors (Lipinski definition) is 6. The summed E-state index contributed by atoms with van der Waals surface area (Å²) in [6.45, 7) is 1.86. The Morgan fingerprint density at radius 3 is 2.80 bits per heavy atom. The molecule has 0 radical (unpaired) electrons. The van der Waals surface area contributed by atoms with Crippen molar-refractivity contribution in [2.75, 3.05) is 13.2 Å². The quantitative estimate of drug-likeness (QED) is 0.228. The number of hydrogen-bond donors (Lipinski definition) is 3. The summed E-state index contributed by atoms with van der Waals surface area (Å²) in [5.74, 6) is 0.800. The minimum atomic E-state index is 0.0748. The Hall–Kier alpha value is -2.54. The van der Waals surface area contributed by atoms with Crippen molar-refractivity contribution in [2.24, 2.45) is 10.9 Å². The Morgan fingerprint density at radius 2 is 2.15 bits per heavy atom. The summed E-state index contributed by atoms with van der Waals surface area (Å²) in [5.41, 5.74) is 6.96. The Labute approximate surface area is 116 Å². The van der Waals surface area contributed by atoms with E-state index in [0.29, 0.717) is 25.3 Å². The molecule has 1 aromatic heterocycles. The van der Waals surface area contributed by atoms with Crippen LogP contribution in [0.4, 0.5) is 0 Å². The highest BCUT2D eigenvalue weighted by atomic mass is 16.5. The van der Waals surface area contributed by atoms with Crippen molar-refractivity contribution >= 4 is 5.84 Å². The van der Waals surface area contributed by atoms with Crippen LogP contribution in [0, 0.1) is 0 Å². The molecule has 0 aliphatic carbocycles. The van der Waals surface area contributed by atoms with Gasteiger partial charge in [-0.05, 0) is 24.3 Å². The van der Waals surface area contributed by atoms with Crippen LogP contribution < -0.4 is 15.8 Å². The van der Waals surface area contributed by atoms with Crippen molar-refractivity contribution in [1.82, 2.24) is 10.5 Å². The monoisotopic (exact) mass is 276 g/mol. The second-order valence-corrected chi connectivity index (χ2v) is 4.03. The summed E-state index contributed by atoms with van der Waals surface area (Å²) in [4.78, 5) is 0. The molecule has 106 valence electrons. The van der Waals surface area contributed by atoms with Gasteiger partial charge in [-0.3, -0.25) is 0 Å². The molecule has 0 unspecified atom stereocenters. The van der Waals surface area contributed by atoms with E-state index in [1.807, 2.05) is 0 Å². The van der Waals surface area contributed by atoms with E-state index in [1.165, 1.54) is 6.26 Å². The zero-order valence-corrected chi connectivity index (χ0v) is 10.8. The van der Waals surface area contributed by atoms with E-state index in [0.717, 1.165) is 11.4 Å². The van der Waals surface area contributed by atoms with Crippen LogP contribution >= 0.6 is 0 Å². The van der Waals surface area contributed by atoms with E-state index in [9.17, 15) is 0 Å². The molecule has 2 aromatic rings. The van der Waals surface area contributed by atoms with E-state index in [1.54, 1.807) is 30.3 Å². The molecule has 2 rings (SSSR count). The topological polar surface area (TPSA) is 106 Å². The lowest BCUT2D eigenvalue weighted by Gasteiger charge is -2.07. The van der Waals surface area contributed by atoms with Crippen LogP contribution in [0.15, 0.2) is 46.3 Å². The number of aromatic nitrogens is 1. The van der Waals surface area contributed by atoms with Crippen molar-refractivity contribution < 1.29 is 14.5 Å². The van der Waals surface area contributed by atoms with Gasteiger partial charge in [0.1, 0.15) is 18.6 Å². The molecule has 0 amide bonds. The molecule has 0 fully saturated rings. The first-order chi connectivity index (χ1) is 9.79. The molecule has 0 aliphatic rings. The van der Waals surface area contributed by atoms with Gasteiger partial charge in [0.25, 0.3) is 0 Å². The number of nitrogens with zero attached hydrogens (tertiary/aromatic N) is 2. The van der Waals surface area contributed by atoms with Gasteiger partial charge in [0.05, 0.1) is 5.69 Å². The zero-order chi connectivity index (χ0) is 14.2. The van der Waals surface area contributed by atoms with E-state index in [2.05, 4.69) is 15.6 Å². The predicted molar refractivity (Wildman–Crippen MR) is 72.7 cm³/mol. The Balaban J connectivity index is 1.69. The summed E-state index contributed by atoms with van der Waals surface area (Å²) in [6.07, 6.45) is 1.54. The predicted octanol–water partition coefficient (Wildman–Crippen LogP) is 0.938. The standard InChI is InChI=1S/C13H16N4O3/c14-13(16-18)10-1-3-12(4-2-10)19-8-6-15-9-11-5-7-20-17-11/h1-5,7,15,18H,6,8-9H2,(H2,14,16). The number of oxime groups is 1.